The first kappa shape index (κ1) is 14.4. The van der Waals surface area contributed by atoms with Gasteiger partial charge in [0.05, 0.1) is 7.11 Å². The molecule has 1 rings (SSSR count). The monoisotopic (exact) mass is 255 g/mol. The smallest absolute Gasteiger partial charge is 0.251 e. The Morgan fingerprint density at radius 2 is 2.28 bits per heavy atom. The van der Waals surface area contributed by atoms with Crippen LogP contribution in [0.1, 0.15) is 23.7 Å². The summed E-state index contributed by atoms with van der Waals surface area (Å²) in [5, 5.41) is 11.5. The van der Waals surface area contributed by atoms with Gasteiger partial charge in [-0.1, -0.05) is 6.92 Å². The minimum atomic E-state index is -0.498. The van der Waals surface area contributed by atoms with Gasteiger partial charge in [0.1, 0.15) is 0 Å². The molecule has 0 saturated carbocycles. The number of hydrogen-bond acceptors (Lipinski definition) is 3. The number of aliphatic hydroxyl groups excluding tert-OH is 1. The molecule has 18 heavy (non-hydrogen) atoms. The maximum Gasteiger partial charge on any atom is 0.251 e. The van der Waals surface area contributed by atoms with E-state index >= 15 is 0 Å². The van der Waals surface area contributed by atoms with E-state index in [1.807, 2.05) is 6.92 Å². The van der Waals surface area contributed by atoms with Crippen molar-refractivity contribution in [3.8, 4) is 5.75 Å². The quantitative estimate of drug-likeness (QED) is 0.811. The summed E-state index contributed by atoms with van der Waals surface area (Å²) in [6.07, 6.45) is 0.632. The molecule has 0 aliphatic rings. The summed E-state index contributed by atoms with van der Waals surface area (Å²) in [7, 11) is 1.35. The van der Waals surface area contributed by atoms with Crippen LogP contribution in [0.4, 0.5) is 4.39 Å². The van der Waals surface area contributed by atoms with Crippen LogP contribution < -0.4 is 10.1 Å². The fraction of sp³-hybridized carbons (Fsp3) is 0.462. The van der Waals surface area contributed by atoms with E-state index in [0.29, 0.717) is 18.5 Å². The number of methoxy groups -OCH3 is 1. The molecule has 5 heteroatoms. The predicted octanol–water partition coefficient (Wildman–Crippen LogP) is 1.58. The fourth-order valence-electron chi connectivity index (χ4n) is 1.49. The van der Waals surface area contributed by atoms with Crippen LogP contribution in [0.2, 0.25) is 0 Å². The Morgan fingerprint density at radius 1 is 1.56 bits per heavy atom. The summed E-state index contributed by atoms with van der Waals surface area (Å²) in [5.74, 6) is -0.534. The number of halogens is 1. The standard InChI is InChI=1S/C13H18FNO3/c1-9(5-6-16)8-15-13(17)10-3-4-11(14)12(7-10)18-2/h3-4,7,9,16H,5-6,8H2,1-2H3,(H,15,17). The first-order chi connectivity index (χ1) is 8.58. The van der Waals surface area contributed by atoms with Crippen LogP contribution in [0.25, 0.3) is 0 Å². The largest absolute Gasteiger partial charge is 0.494 e. The molecule has 2 N–H and O–H groups in total. The zero-order valence-electron chi connectivity index (χ0n) is 10.6. The van der Waals surface area contributed by atoms with E-state index in [4.69, 9.17) is 9.84 Å². The minimum absolute atomic E-state index is 0.0473. The molecular formula is C13H18FNO3. The van der Waals surface area contributed by atoms with E-state index < -0.39 is 5.82 Å². The number of nitrogens with one attached hydrogen (secondary N) is 1. The lowest BCUT2D eigenvalue weighted by molar-refractivity contribution is 0.0945. The predicted molar refractivity (Wildman–Crippen MR) is 66.2 cm³/mol. The maximum atomic E-state index is 13.2. The van der Waals surface area contributed by atoms with Crippen LogP contribution in [0.3, 0.4) is 0 Å². The normalized spacial score (nSPS) is 12.0. The van der Waals surface area contributed by atoms with E-state index in [1.165, 1.54) is 25.3 Å². The van der Waals surface area contributed by atoms with Gasteiger partial charge < -0.3 is 15.2 Å². The summed E-state index contributed by atoms with van der Waals surface area (Å²) in [5.41, 5.74) is 0.351. The second-order valence-corrected chi connectivity index (χ2v) is 4.18. The van der Waals surface area contributed by atoms with Crippen LogP contribution >= 0.6 is 0 Å². The number of carbonyl (C=O) groups is 1. The number of hydrogen-bond donors (Lipinski definition) is 2. The molecular weight excluding hydrogens is 237 g/mol. The van der Waals surface area contributed by atoms with Gasteiger partial charge >= 0.3 is 0 Å². The Kier molecular flexibility index (Phi) is 5.58. The highest BCUT2D eigenvalue weighted by Gasteiger charge is 2.11. The second-order valence-electron chi connectivity index (χ2n) is 4.18. The van der Waals surface area contributed by atoms with Crippen molar-refractivity contribution in [3.63, 3.8) is 0 Å². The molecule has 0 fully saturated rings. The van der Waals surface area contributed by atoms with E-state index in [1.54, 1.807) is 0 Å². The van der Waals surface area contributed by atoms with Gasteiger partial charge in [-0.3, -0.25) is 4.79 Å². The van der Waals surface area contributed by atoms with Gasteiger partial charge in [0, 0.05) is 18.7 Å². The van der Waals surface area contributed by atoms with Gasteiger partial charge in [0.25, 0.3) is 5.91 Å². The highest BCUT2D eigenvalue weighted by molar-refractivity contribution is 5.94. The molecule has 0 spiro atoms. The van der Waals surface area contributed by atoms with E-state index in [0.717, 1.165) is 0 Å². The number of ether oxygens (including phenoxy) is 1. The lowest BCUT2D eigenvalue weighted by Gasteiger charge is -2.11. The third-order valence-electron chi connectivity index (χ3n) is 2.65. The average molecular weight is 255 g/mol. The molecule has 0 radical (unpaired) electrons. The molecule has 1 amide bonds. The molecule has 4 nitrogen and oxygen atoms in total. The van der Waals surface area contributed by atoms with Crippen molar-refractivity contribution in [1.82, 2.24) is 5.32 Å². The molecule has 1 aromatic carbocycles. The highest BCUT2D eigenvalue weighted by Crippen LogP contribution is 2.18. The van der Waals surface area contributed by atoms with E-state index in [2.05, 4.69) is 5.32 Å². The maximum absolute atomic E-state index is 13.2. The Morgan fingerprint density at radius 3 is 2.89 bits per heavy atom. The van der Waals surface area contributed by atoms with Crippen LogP contribution in [0, 0.1) is 11.7 Å². The lowest BCUT2D eigenvalue weighted by Crippen LogP contribution is -2.28. The molecule has 0 aromatic heterocycles. The van der Waals surface area contributed by atoms with Crippen molar-refractivity contribution in [2.24, 2.45) is 5.92 Å². The molecule has 1 unspecified atom stereocenters. The Bertz CT molecular complexity index is 409. The molecule has 0 saturated heterocycles. The van der Waals surface area contributed by atoms with Gasteiger partial charge in [-0.15, -0.1) is 0 Å². The molecule has 0 heterocycles. The number of carbonyl (C=O) groups excluding carboxylic acids is 1. The van der Waals surface area contributed by atoms with Crippen LogP contribution in [0.15, 0.2) is 18.2 Å². The highest BCUT2D eigenvalue weighted by atomic mass is 19.1. The van der Waals surface area contributed by atoms with Crippen molar-refractivity contribution in [2.45, 2.75) is 13.3 Å². The minimum Gasteiger partial charge on any atom is -0.494 e. The van der Waals surface area contributed by atoms with Crippen LogP contribution in [-0.2, 0) is 0 Å². The molecule has 0 bridgehead atoms. The van der Waals surface area contributed by atoms with Gasteiger partial charge in [-0.05, 0) is 30.5 Å². The number of benzene rings is 1. The van der Waals surface area contributed by atoms with Crippen LogP contribution in [-0.4, -0.2) is 31.3 Å². The van der Waals surface area contributed by atoms with Crippen molar-refractivity contribution < 1.29 is 19.0 Å². The van der Waals surface area contributed by atoms with Crippen molar-refractivity contribution in [1.29, 1.82) is 0 Å². The van der Waals surface area contributed by atoms with Gasteiger partial charge in [0.2, 0.25) is 0 Å². The Labute approximate surface area is 106 Å². The number of rotatable bonds is 6. The molecule has 0 aliphatic carbocycles. The zero-order chi connectivity index (χ0) is 13.5. The van der Waals surface area contributed by atoms with E-state index in [-0.39, 0.29) is 24.2 Å². The van der Waals surface area contributed by atoms with Gasteiger partial charge in [-0.25, -0.2) is 4.39 Å². The third-order valence-corrected chi connectivity index (χ3v) is 2.65. The summed E-state index contributed by atoms with van der Waals surface area (Å²) in [6.45, 7) is 2.50. The van der Waals surface area contributed by atoms with Crippen molar-refractivity contribution in [3.05, 3.63) is 29.6 Å². The summed E-state index contributed by atoms with van der Waals surface area (Å²) in [4.78, 5) is 11.8. The molecule has 100 valence electrons. The van der Waals surface area contributed by atoms with E-state index in [9.17, 15) is 9.18 Å². The summed E-state index contributed by atoms with van der Waals surface area (Å²) >= 11 is 0. The van der Waals surface area contributed by atoms with Crippen molar-refractivity contribution in [2.75, 3.05) is 20.3 Å². The fourth-order valence-corrected chi connectivity index (χ4v) is 1.49. The molecule has 1 aromatic rings. The number of aliphatic hydroxyl groups is 1. The first-order valence-electron chi connectivity index (χ1n) is 5.81. The zero-order valence-corrected chi connectivity index (χ0v) is 10.6. The Hall–Kier alpha value is -1.62. The van der Waals surface area contributed by atoms with Crippen molar-refractivity contribution >= 4 is 5.91 Å². The molecule has 0 aliphatic heterocycles. The van der Waals surface area contributed by atoms with Crippen LogP contribution in [0.5, 0.6) is 5.75 Å². The number of amides is 1. The Balaban J connectivity index is 2.61. The lowest BCUT2D eigenvalue weighted by atomic mass is 10.1. The van der Waals surface area contributed by atoms with Gasteiger partial charge in [-0.2, -0.15) is 0 Å². The first-order valence-corrected chi connectivity index (χ1v) is 5.81. The second kappa shape index (κ2) is 6.96. The topological polar surface area (TPSA) is 58.6 Å². The average Bonchev–Trinajstić information content (AvgIpc) is 2.37. The van der Waals surface area contributed by atoms with Gasteiger partial charge in [0.15, 0.2) is 11.6 Å². The SMILES string of the molecule is COc1cc(C(=O)NCC(C)CCO)ccc1F. The summed E-state index contributed by atoms with van der Waals surface area (Å²) < 4.78 is 18.0. The molecule has 1 atom stereocenters. The summed E-state index contributed by atoms with van der Waals surface area (Å²) in [6, 6.07) is 3.97. The third kappa shape index (κ3) is 4.00.